The van der Waals surface area contributed by atoms with Crippen LogP contribution < -0.4 is 10.5 Å². The van der Waals surface area contributed by atoms with E-state index in [-0.39, 0.29) is 18.4 Å². The van der Waals surface area contributed by atoms with Gasteiger partial charge >= 0.3 is 0 Å². The maximum Gasteiger partial charge on any atom is 0.129 e. The van der Waals surface area contributed by atoms with E-state index < -0.39 is 11.6 Å². The Morgan fingerprint density at radius 1 is 1.05 bits per heavy atom. The summed E-state index contributed by atoms with van der Waals surface area (Å²) < 4.78 is 31.5. The van der Waals surface area contributed by atoms with Crippen LogP contribution >= 0.6 is 0 Å². The highest BCUT2D eigenvalue weighted by Crippen LogP contribution is 2.20. The van der Waals surface area contributed by atoms with Crippen molar-refractivity contribution in [2.75, 3.05) is 6.61 Å². The van der Waals surface area contributed by atoms with E-state index in [0.717, 1.165) is 34.9 Å². The maximum atomic E-state index is 13.0. The minimum absolute atomic E-state index is 0.142. The van der Waals surface area contributed by atoms with Crippen molar-refractivity contribution in [3.8, 4) is 5.75 Å². The van der Waals surface area contributed by atoms with Gasteiger partial charge in [-0.1, -0.05) is 23.8 Å². The average molecular weight is 277 g/mol. The van der Waals surface area contributed by atoms with Gasteiger partial charge in [0.25, 0.3) is 0 Å². The number of hydrogen-bond donors (Lipinski definition) is 1. The molecule has 0 saturated carbocycles. The highest BCUT2D eigenvalue weighted by molar-refractivity contribution is 5.33. The fraction of sp³-hybridized carbons (Fsp3) is 0.250. The summed E-state index contributed by atoms with van der Waals surface area (Å²) in [5.41, 5.74) is 9.23. The zero-order valence-electron chi connectivity index (χ0n) is 11.5. The molecule has 20 heavy (non-hydrogen) atoms. The van der Waals surface area contributed by atoms with Crippen molar-refractivity contribution in [3.63, 3.8) is 0 Å². The lowest BCUT2D eigenvalue weighted by Gasteiger charge is -2.16. The van der Waals surface area contributed by atoms with Crippen molar-refractivity contribution in [2.45, 2.75) is 19.9 Å². The summed E-state index contributed by atoms with van der Waals surface area (Å²) in [6.45, 7) is 4.11. The van der Waals surface area contributed by atoms with Crippen molar-refractivity contribution >= 4 is 0 Å². The molecular weight excluding hydrogens is 260 g/mol. The number of halogens is 2. The van der Waals surface area contributed by atoms with Gasteiger partial charge in [-0.25, -0.2) is 8.78 Å². The Morgan fingerprint density at radius 3 is 2.35 bits per heavy atom. The topological polar surface area (TPSA) is 35.2 Å². The van der Waals surface area contributed by atoms with Crippen LogP contribution in [0.2, 0.25) is 0 Å². The summed E-state index contributed by atoms with van der Waals surface area (Å²) in [4.78, 5) is 0. The smallest absolute Gasteiger partial charge is 0.129 e. The molecule has 0 aliphatic carbocycles. The summed E-state index contributed by atoms with van der Waals surface area (Å²) >= 11 is 0. The van der Waals surface area contributed by atoms with E-state index in [1.807, 2.05) is 32.0 Å². The fourth-order valence-corrected chi connectivity index (χ4v) is 2.05. The van der Waals surface area contributed by atoms with Gasteiger partial charge < -0.3 is 10.5 Å². The predicted octanol–water partition coefficient (Wildman–Crippen LogP) is 3.66. The van der Waals surface area contributed by atoms with Crippen molar-refractivity contribution in [1.82, 2.24) is 0 Å². The summed E-state index contributed by atoms with van der Waals surface area (Å²) in [5.74, 6) is -1.19. The van der Waals surface area contributed by atoms with Crippen LogP contribution in [-0.4, -0.2) is 6.61 Å². The van der Waals surface area contributed by atoms with E-state index in [0.29, 0.717) is 0 Å². The molecule has 0 bridgehead atoms. The van der Waals surface area contributed by atoms with E-state index in [9.17, 15) is 8.78 Å². The Morgan fingerprint density at radius 2 is 1.70 bits per heavy atom. The van der Waals surface area contributed by atoms with Gasteiger partial charge in [-0.2, -0.15) is 0 Å². The van der Waals surface area contributed by atoms with E-state index in [2.05, 4.69) is 0 Å². The highest BCUT2D eigenvalue weighted by atomic mass is 19.1. The zero-order valence-corrected chi connectivity index (χ0v) is 11.5. The summed E-state index contributed by atoms with van der Waals surface area (Å²) in [6, 6.07) is 8.73. The molecule has 2 nitrogen and oxygen atoms in total. The zero-order chi connectivity index (χ0) is 14.7. The minimum atomic E-state index is -0.666. The Hall–Kier alpha value is -1.94. The van der Waals surface area contributed by atoms with E-state index in [1.165, 1.54) is 0 Å². The molecule has 0 amide bonds. The van der Waals surface area contributed by atoms with Crippen LogP contribution in [0.25, 0.3) is 0 Å². The maximum absolute atomic E-state index is 13.0. The van der Waals surface area contributed by atoms with Gasteiger partial charge in [-0.3, -0.25) is 0 Å². The monoisotopic (exact) mass is 277 g/mol. The molecule has 2 aromatic carbocycles. The molecule has 4 heteroatoms. The summed E-state index contributed by atoms with van der Waals surface area (Å²) in [5, 5.41) is 0. The Kier molecular flexibility index (Phi) is 4.35. The van der Waals surface area contributed by atoms with Gasteiger partial charge in [0.1, 0.15) is 24.0 Å². The molecule has 0 aromatic heterocycles. The quantitative estimate of drug-likeness (QED) is 0.925. The third-order valence-corrected chi connectivity index (χ3v) is 3.10. The Labute approximate surface area is 117 Å². The third-order valence-electron chi connectivity index (χ3n) is 3.10. The second-order valence-electron chi connectivity index (χ2n) is 4.88. The summed E-state index contributed by atoms with van der Waals surface area (Å²) in [7, 11) is 0. The summed E-state index contributed by atoms with van der Waals surface area (Å²) in [6.07, 6.45) is 0. The number of aryl methyl sites for hydroxylation is 2. The highest BCUT2D eigenvalue weighted by Gasteiger charge is 2.11. The number of hydrogen-bond acceptors (Lipinski definition) is 2. The van der Waals surface area contributed by atoms with Crippen molar-refractivity contribution in [1.29, 1.82) is 0 Å². The Balaban J connectivity index is 2.08. The number of rotatable bonds is 4. The molecule has 0 fully saturated rings. The SMILES string of the molecule is Cc1ccc(C)c(C(N)COc2cc(F)cc(F)c2)c1. The molecular formula is C16H17F2NO. The second kappa shape index (κ2) is 6.01. The van der Waals surface area contributed by atoms with Crippen molar-refractivity contribution in [2.24, 2.45) is 5.73 Å². The molecule has 0 radical (unpaired) electrons. The molecule has 2 aromatic rings. The second-order valence-corrected chi connectivity index (χ2v) is 4.88. The van der Waals surface area contributed by atoms with Crippen LogP contribution in [0.3, 0.4) is 0 Å². The molecule has 2 rings (SSSR count). The van der Waals surface area contributed by atoms with Gasteiger partial charge in [0.05, 0.1) is 6.04 Å². The molecule has 1 atom stereocenters. The molecule has 0 heterocycles. The minimum Gasteiger partial charge on any atom is -0.491 e. The average Bonchev–Trinajstić information content (AvgIpc) is 2.38. The predicted molar refractivity (Wildman–Crippen MR) is 74.7 cm³/mol. The first kappa shape index (κ1) is 14.5. The standard InChI is InChI=1S/C16H17F2NO/c1-10-3-4-11(2)15(5-10)16(19)9-20-14-7-12(17)6-13(18)8-14/h3-8,16H,9,19H2,1-2H3. The van der Waals surface area contributed by atoms with Crippen molar-refractivity contribution in [3.05, 3.63) is 64.7 Å². The normalized spacial score (nSPS) is 12.2. The molecule has 0 saturated heterocycles. The van der Waals surface area contributed by atoms with Gasteiger partial charge in [-0.05, 0) is 25.0 Å². The largest absolute Gasteiger partial charge is 0.491 e. The van der Waals surface area contributed by atoms with Crippen LogP contribution in [-0.2, 0) is 0 Å². The van der Waals surface area contributed by atoms with E-state index in [1.54, 1.807) is 0 Å². The van der Waals surface area contributed by atoms with Crippen LogP contribution in [0.5, 0.6) is 5.75 Å². The molecule has 0 aliphatic heterocycles. The van der Waals surface area contributed by atoms with Gasteiger partial charge in [0.2, 0.25) is 0 Å². The first-order valence-electron chi connectivity index (χ1n) is 6.37. The molecule has 0 aliphatic rings. The van der Waals surface area contributed by atoms with Crippen LogP contribution in [0.1, 0.15) is 22.7 Å². The number of benzene rings is 2. The first-order chi connectivity index (χ1) is 9.45. The Bertz CT molecular complexity index is 593. The molecule has 0 spiro atoms. The molecule has 2 N–H and O–H groups in total. The lowest BCUT2D eigenvalue weighted by atomic mass is 10.00. The van der Waals surface area contributed by atoms with E-state index in [4.69, 9.17) is 10.5 Å². The number of ether oxygens (including phenoxy) is 1. The fourth-order valence-electron chi connectivity index (χ4n) is 2.05. The lowest BCUT2D eigenvalue weighted by molar-refractivity contribution is 0.287. The van der Waals surface area contributed by atoms with Crippen molar-refractivity contribution < 1.29 is 13.5 Å². The third kappa shape index (κ3) is 3.54. The van der Waals surface area contributed by atoms with Gasteiger partial charge in [-0.15, -0.1) is 0 Å². The van der Waals surface area contributed by atoms with Gasteiger partial charge in [0.15, 0.2) is 0 Å². The van der Waals surface area contributed by atoms with Crippen LogP contribution in [0.15, 0.2) is 36.4 Å². The van der Waals surface area contributed by atoms with Gasteiger partial charge in [0, 0.05) is 18.2 Å². The molecule has 1 unspecified atom stereocenters. The van der Waals surface area contributed by atoms with Crippen LogP contribution in [0, 0.1) is 25.5 Å². The van der Waals surface area contributed by atoms with Crippen LogP contribution in [0.4, 0.5) is 8.78 Å². The lowest BCUT2D eigenvalue weighted by Crippen LogP contribution is -2.20. The first-order valence-corrected chi connectivity index (χ1v) is 6.37. The van der Waals surface area contributed by atoms with E-state index >= 15 is 0 Å². The molecule has 106 valence electrons. The number of nitrogens with two attached hydrogens (primary N) is 1.